The smallest absolute Gasteiger partial charge is 0.214 e. The van der Waals surface area contributed by atoms with Gasteiger partial charge < -0.3 is 10.6 Å². The number of nitrogens with zero attached hydrogens (tertiary/aromatic N) is 1. The summed E-state index contributed by atoms with van der Waals surface area (Å²) in [6.07, 6.45) is 1.91. The van der Waals surface area contributed by atoms with Crippen LogP contribution in [0.5, 0.6) is 0 Å². The minimum atomic E-state index is -3.27. The molecule has 0 aromatic heterocycles. The van der Waals surface area contributed by atoms with Gasteiger partial charge in [-0.15, -0.1) is 0 Å². The van der Waals surface area contributed by atoms with E-state index in [0.717, 1.165) is 18.4 Å². The van der Waals surface area contributed by atoms with Gasteiger partial charge >= 0.3 is 0 Å². The summed E-state index contributed by atoms with van der Waals surface area (Å²) in [5.41, 5.74) is 0.778. The number of hydrogen-bond acceptors (Lipinski definition) is 3. The number of guanidine groups is 1. The zero-order chi connectivity index (χ0) is 16.5. The Morgan fingerprint density at radius 2 is 2.04 bits per heavy atom. The van der Waals surface area contributed by atoms with Gasteiger partial charge in [-0.2, -0.15) is 0 Å². The van der Waals surface area contributed by atoms with E-state index in [1.54, 1.807) is 10.4 Å². The van der Waals surface area contributed by atoms with Crippen molar-refractivity contribution in [3.8, 4) is 0 Å². The van der Waals surface area contributed by atoms with Gasteiger partial charge in [-0.25, -0.2) is 12.7 Å². The van der Waals surface area contributed by atoms with Crippen LogP contribution in [-0.2, 0) is 16.4 Å². The van der Waals surface area contributed by atoms with E-state index in [1.165, 1.54) is 0 Å². The van der Waals surface area contributed by atoms with Crippen LogP contribution in [0.4, 0.5) is 0 Å². The summed E-state index contributed by atoms with van der Waals surface area (Å²) in [6.45, 7) is 1.70. The first-order chi connectivity index (χ1) is 10.9. The zero-order valence-corrected chi connectivity index (χ0v) is 14.4. The maximum absolute atomic E-state index is 12.5. The van der Waals surface area contributed by atoms with Crippen LogP contribution >= 0.6 is 11.6 Å². The number of rotatable bonds is 4. The summed E-state index contributed by atoms with van der Waals surface area (Å²) in [5, 5.41) is 14.3. The molecule has 1 aromatic rings. The second-order valence-corrected chi connectivity index (χ2v) is 8.75. The van der Waals surface area contributed by atoms with Gasteiger partial charge in [0.2, 0.25) is 10.0 Å². The average Bonchev–Trinajstić information content (AvgIpc) is 2.87. The van der Waals surface area contributed by atoms with Gasteiger partial charge in [0, 0.05) is 24.7 Å². The second kappa shape index (κ2) is 6.30. The van der Waals surface area contributed by atoms with Gasteiger partial charge in [-0.1, -0.05) is 23.7 Å². The highest BCUT2D eigenvalue weighted by Gasteiger charge is 2.41. The Labute approximate surface area is 141 Å². The molecule has 1 aromatic carbocycles. The molecule has 3 rings (SSSR count). The lowest BCUT2D eigenvalue weighted by Gasteiger charge is -2.37. The molecule has 0 aliphatic carbocycles. The third-order valence-corrected chi connectivity index (χ3v) is 6.71. The maximum atomic E-state index is 12.5. The van der Waals surface area contributed by atoms with Crippen LogP contribution in [0.15, 0.2) is 24.3 Å². The van der Waals surface area contributed by atoms with Crippen LogP contribution in [-0.4, -0.2) is 49.6 Å². The van der Waals surface area contributed by atoms with Gasteiger partial charge in [0.1, 0.15) is 0 Å². The van der Waals surface area contributed by atoms with E-state index in [2.05, 4.69) is 10.6 Å². The van der Waals surface area contributed by atoms with Crippen molar-refractivity contribution in [2.45, 2.75) is 24.8 Å². The molecular formula is C15H21ClN4O2S. The number of sulfonamides is 1. The molecule has 0 atom stereocenters. The van der Waals surface area contributed by atoms with Crippen molar-refractivity contribution in [3.63, 3.8) is 0 Å². The number of benzene rings is 1. The standard InChI is InChI=1S/C15H21ClN4O2S/c16-13-3-1-2-12(10-13)4-9-23(21,22)20-7-5-15(6-8-20)11-18-14(17)19-15/h1-3,10H,4-9,11H2,(H3,17,18,19). The minimum absolute atomic E-state index is 0.0990. The van der Waals surface area contributed by atoms with Crippen LogP contribution < -0.4 is 10.6 Å². The molecule has 1 spiro atoms. The van der Waals surface area contributed by atoms with Crippen LogP contribution in [0.3, 0.4) is 0 Å². The third-order valence-electron chi connectivity index (χ3n) is 4.60. The van der Waals surface area contributed by atoms with E-state index in [9.17, 15) is 8.42 Å². The van der Waals surface area contributed by atoms with Gasteiger partial charge in [-0.05, 0) is 37.0 Å². The summed E-state index contributed by atoms with van der Waals surface area (Å²) in [5.74, 6) is 0.434. The largest absolute Gasteiger partial charge is 0.354 e. The summed E-state index contributed by atoms with van der Waals surface area (Å²) < 4.78 is 26.6. The molecule has 23 heavy (non-hydrogen) atoms. The lowest BCUT2D eigenvalue weighted by molar-refractivity contribution is 0.231. The first kappa shape index (κ1) is 16.5. The SMILES string of the molecule is N=C1NCC2(CCN(S(=O)(=O)CCc3cccc(Cl)c3)CC2)N1. The molecule has 126 valence electrons. The van der Waals surface area contributed by atoms with Crippen molar-refractivity contribution in [3.05, 3.63) is 34.9 Å². The van der Waals surface area contributed by atoms with Crippen LogP contribution in [0, 0.1) is 5.41 Å². The molecule has 0 bridgehead atoms. The van der Waals surface area contributed by atoms with E-state index >= 15 is 0 Å². The molecular weight excluding hydrogens is 336 g/mol. The first-order valence-electron chi connectivity index (χ1n) is 7.72. The fraction of sp³-hybridized carbons (Fsp3) is 0.533. The van der Waals surface area contributed by atoms with Gasteiger partial charge in [0.05, 0.1) is 11.3 Å². The minimum Gasteiger partial charge on any atom is -0.354 e. The van der Waals surface area contributed by atoms with Crippen LogP contribution in [0.2, 0.25) is 5.02 Å². The Bertz CT molecular complexity index is 699. The molecule has 0 saturated carbocycles. The zero-order valence-electron chi connectivity index (χ0n) is 12.8. The van der Waals surface area contributed by atoms with E-state index in [4.69, 9.17) is 17.0 Å². The fourth-order valence-electron chi connectivity index (χ4n) is 3.17. The molecule has 8 heteroatoms. The Morgan fingerprint density at radius 3 is 2.65 bits per heavy atom. The maximum Gasteiger partial charge on any atom is 0.214 e. The fourth-order valence-corrected chi connectivity index (χ4v) is 4.88. The van der Waals surface area contributed by atoms with E-state index in [0.29, 0.717) is 37.0 Å². The van der Waals surface area contributed by atoms with Crippen molar-refractivity contribution in [2.24, 2.45) is 0 Å². The molecule has 2 aliphatic rings. The highest BCUT2D eigenvalue weighted by molar-refractivity contribution is 7.89. The van der Waals surface area contributed by atoms with Crippen molar-refractivity contribution in [1.29, 1.82) is 5.41 Å². The predicted molar refractivity (Wildman–Crippen MR) is 91.3 cm³/mol. The van der Waals surface area contributed by atoms with Gasteiger partial charge in [-0.3, -0.25) is 5.41 Å². The number of piperidine rings is 1. The Kier molecular flexibility index (Phi) is 4.53. The van der Waals surface area contributed by atoms with Crippen LogP contribution in [0.1, 0.15) is 18.4 Å². The highest BCUT2D eigenvalue weighted by Crippen LogP contribution is 2.26. The number of hydrogen-bond donors (Lipinski definition) is 3. The molecule has 2 aliphatic heterocycles. The quantitative estimate of drug-likeness (QED) is 0.756. The van der Waals surface area contributed by atoms with Crippen molar-refractivity contribution >= 4 is 27.6 Å². The first-order valence-corrected chi connectivity index (χ1v) is 9.70. The predicted octanol–water partition coefficient (Wildman–Crippen LogP) is 1.17. The van der Waals surface area contributed by atoms with Gasteiger partial charge in [0.15, 0.2) is 5.96 Å². The summed E-state index contributed by atoms with van der Waals surface area (Å²) in [6, 6.07) is 7.32. The number of nitrogens with one attached hydrogen (secondary N) is 3. The third kappa shape index (κ3) is 3.79. The molecule has 2 heterocycles. The van der Waals surface area contributed by atoms with Gasteiger partial charge in [0.25, 0.3) is 0 Å². The van der Waals surface area contributed by atoms with Crippen molar-refractivity contribution in [1.82, 2.24) is 14.9 Å². The molecule has 0 unspecified atom stereocenters. The van der Waals surface area contributed by atoms with E-state index in [1.807, 2.05) is 18.2 Å². The molecule has 0 amide bonds. The lowest BCUT2D eigenvalue weighted by Crippen LogP contribution is -2.54. The molecule has 6 nitrogen and oxygen atoms in total. The number of halogens is 1. The van der Waals surface area contributed by atoms with Crippen LogP contribution in [0.25, 0.3) is 0 Å². The summed E-state index contributed by atoms with van der Waals surface area (Å²) in [4.78, 5) is 0. The molecule has 2 saturated heterocycles. The number of aryl methyl sites for hydroxylation is 1. The average molecular weight is 357 g/mol. The van der Waals surface area contributed by atoms with E-state index in [-0.39, 0.29) is 11.3 Å². The molecule has 0 radical (unpaired) electrons. The topological polar surface area (TPSA) is 85.3 Å². The van der Waals surface area contributed by atoms with E-state index < -0.39 is 10.0 Å². The highest BCUT2D eigenvalue weighted by atomic mass is 35.5. The Hall–Kier alpha value is -1.31. The molecule has 2 fully saturated rings. The molecule has 3 N–H and O–H groups in total. The second-order valence-electron chi connectivity index (χ2n) is 6.23. The Balaban J connectivity index is 1.57. The van der Waals surface area contributed by atoms with Crippen molar-refractivity contribution < 1.29 is 8.42 Å². The lowest BCUT2D eigenvalue weighted by atomic mass is 9.90. The summed E-state index contributed by atoms with van der Waals surface area (Å²) in [7, 11) is -3.27. The monoisotopic (exact) mass is 356 g/mol. The normalized spacial score (nSPS) is 21.2. The van der Waals surface area contributed by atoms with Crippen molar-refractivity contribution in [2.75, 3.05) is 25.4 Å². The summed E-state index contributed by atoms with van der Waals surface area (Å²) >= 11 is 5.93. The Morgan fingerprint density at radius 1 is 1.30 bits per heavy atom.